The van der Waals surface area contributed by atoms with E-state index in [1.54, 1.807) is 18.2 Å². The number of aliphatic hydroxyl groups is 1. The number of carbonyl (C=O) groups is 1. The molecule has 0 saturated carbocycles. The molecule has 2 aromatic rings. The van der Waals surface area contributed by atoms with E-state index in [9.17, 15) is 9.90 Å². The van der Waals surface area contributed by atoms with Crippen molar-refractivity contribution in [2.24, 2.45) is 0 Å². The summed E-state index contributed by atoms with van der Waals surface area (Å²) in [6.45, 7) is -0.167. The largest absolute Gasteiger partial charge is 0.399 e. The number of halogens is 1. The fraction of sp³-hybridized carbons (Fsp3) is 0.133. The van der Waals surface area contributed by atoms with Crippen molar-refractivity contribution >= 4 is 27.5 Å². The van der Waals surface area contributed by atoms with Gasteiger partial charge < -0.3 is 16.2 Å². The number of aliphatic hydroxyl groups excluding tert-OH is 1. The Labute approximate surface area is 125 Å². The second-order valence-corrected chi connectivity index (χ2v) is 5.31. The van der Waals surface area contributed by atoms with Gasteiger partial charge >= 0.3 is 0 Å². The molecule has 0 fully saturated rings. The third-order valence-electron chi connectivity index (χ3n) is 2.87. The lowest BCUT2D eigenvalue weighted by atomic mass is 10.1. The summed E-state index contributed by atoms with van der Waals surface area (Å²) in [7, 11) is 0. The van der Waals surface area contributed by atoms with Gasteiger partial charge in [-0.1, -0.05) is 46.3 Å². The Morgan fingerprint density at radius 2 is 1.95 bits per heavy atom. The molecule has 20 heavy (non-hydrogen) atoms. The molecule has 1 atom stereocenters. The van der Waals surface area contributed by atoms with Gasteiger partial charge in [0.2, 0.25) is 0 Å². The van der Waals surface area contributed by atoms with Crippen molar-refractivity contribution in [2.75, 3.05) is 12.3 Å². The van der Waals surface area contributed by atoms with Gasteiger partial charge in [-0.3, -0.25) is 4.79 Å². The Kier molecular flexibility index (Phi) is 4.76. The average molecular weight is 335 g/mol. The molecular formula is C15H15BrN2O2. The number of rotatable bonds is 4. The zero-order chi connectivity index (χ0) is 14.5. The van der Waals surface area contributed by atoms with Gasteiger partial charge in [0, 0.05) is 15.7 Å². The summed E-state index contributed by atoms with van der Waals surface area (Å²) in [6.07, 6.45) is 0. The predicted molar refractivity (Wildman–Crippen MR) is 82.3 cm³/mol. The van der Waals surface area contributed by atoms with Crippen LogP contribution in [0, 0.1) is 0 Å². The van der Waals surface area contributed by atoms with Crippen molar-refractivity contribution in [1.29, 1.82) is 0 Å². The van der Waals surface area contributed by atoms with Crippen molar-refractivity contribution in [3.63, 3.8) is 0 Å². The highest BCUT2D eigenvalue weighted by atomic mass is 79.9. The number of nitrogens with two attached hydrogens (primary N) is 1. The van der Waals surface area contributed by atoms with Gasteiger partial charge in [-0.25, -0.2) is 0 Å². The SMILES string of the molecule is Nc1cc(Br)cc(C(=O)N[C@H](CO)c2ccccc2)c1. The maximum atomic E-state index is 12.2. The van der Waals surface area contributed by atoms with Gasteiger partial charge in [0.15, 0.2) is 0 Å². The molecule has 104 valence electrons. The number of hydrogen-bond donors (Lipinski definition) is 3. The summed E-state index contributed by atoms with van der Waals surface area (Å²) in [5.41, 5.74) is 7.52. The molecule has 2 rings (SSSR count). The van der Waals surface area contributed by atoms with Crippen LogP contribution in [0.1, 0.15) is 22.0 Å². The molecule has 0 spiro atoms. The summed E-state index contributed by atoms with van der Waals surface area (Å²) in [4.78, 5) is 12.2. The molecule has 0 unspecified atom stereocenters. The van der Waals surface area contributed by atoms with Crippen LogP contribution in [0.2, 0.25) is 0 Å². The summed E-state index contributed by atoms with van der Waals surface area (Å²) < 4.78 is 0.739. The molecule has 0 aliphatic rings. The van der Waals surface area contributed by atoms with E-state index in [0.717, 1.165) is 10.0 Å². The van der Waals surface area contributed by atoms with Gasteiger partial charge in [0.1, 0.15) is 0 Å². The third-order valence-corrected chi connectivity index (χ3v) is 3.33. The van der Waals surface area contributed by atoms with Gasteiger partial charge in [-0.15, -0.1) is 0 Å². The van der Waals surface area contributed by atoms with E-state index in [1.807, 2.05) is 30.3 Å². The first-order valence-corrected chi connectivity index (χ1v) is 6.92. The Balaban J connectivity index is 2.17. The maximum absolute atomic E-state index is 12.2. The summed E-state index contributed by atoms with van der Waals surface area (Å²) >= 11 is 3.30. The van der Waals surface area contributed by atoms with Crippen LogP contribution in [0.15, 0.2) is 53.0 Å². The standard InChI is InChI=1S/C15H15BrN2O2/c16-12-6-11(7-13(17)8-12)15(20)18-14(9-19)10-4-2-1-3-5-10/h1-8,14,19H,9,17H2,(H,18,20)/t14-/m1/s1. The molecule has 0 radical (unpaired) electrons. The molecule has 0 aromatic heterocycles. The maximum Gasteiger partial charge on any atom is 0.251 e. The van der Waals surface area contributed by atoms with Crippen molar-refractivity contribution in [3.05, 3.63) is 64.1 Å². The van der Waals surface area contributed by atoms with E-state index in [4.69, 9.17) is 5.73 Å². The van der Waals surface area contributed by atoms with Crippen LogP contribution in [-0.4, -0.2) is 17.6 Å². The number of benzene rings is 2. The third kappa shape index (κ3) is 3.59. The summed E-state index contributed by atoms with van der Waals surface area (Å²) in [5, 5.41) is 12.2. The minimum Gasteiger partial charge on any atom is -0.399 e. The fourth-order valence-electron chi connectivity index (χ4n) is 1.90. The number of hydrogen-bond acceptors (Lipinski definition) is 3. The van der Waals surface area contributed by atoms with Crippen LogP contribution in [0.4, 0.5) is 5.69 Å². The average Bonchev–Trinajstić information content (AvgIpc) is 2.44. The van der Waals surface area contributed by atoms with Gasteiger partial charge in [-0.2, -0.15) is 0 Å². The van der Waals surface area contributed by atoms with Crippen LogP contribution in [0.3, 0.4) is 0 Å². The van der Waals surface area contributed by atoms with Gasteiger partial charge in [0.05, 0.1) is 12.6 Å². The van der Waals surface area contributed by atoms with Crippen molar-refractivity contribution in [3.8, 4) is 0 Å². The molecule has 0 aliphatic heterocycles. The second kappa shape index (κ2) is 6.54. The summed E-state index contributed by atoms with van der Waals surface area (Å²) in [5.74, 6) is -0.277. The van der Waals surface area contributed by atoms with E-state index in [0.29, 0.717) is 11.3 Å². The number of nitrogens with one attached hydrogen (secondary N) is 1. The first-order chi connectivity index (χ1) is 9.60. The predicted octanol–water partition coefficient (Wildman–Crippen LogP) is 2.49. The monoisotopic (exact) mass is 334 g/mol. The molecule has 2 aromatic carbocycles. The minimum absolute atomic E-state index is 0.167. The lowest BCUT2D eigenvalue weighted by Gasteiger charge is -2.17. The van der Waals surface area contributed by atoms with Crippen molar-refractivity contribution in [1.82, 2.24) is 5.32 Å². The molecular weight excluding hydrogens is 320 g/mol. The second-order valence-electron chi connectivity index (χ2n) is 4.39. The quantitative estimate of drug-likeness (QED) is 0.752. The lowest BCUT2D eigenvalue weighted by Crippen LogP contribution is -2.30. The van der Waals surface area contributed by atoms with E-state index >= 15 is 0 Å². The number of anilines is 1. The molecule has 0 bridgehead atoms. The van der Waals surface area contributed by atoms with Gasteiger partial charge in [-0.05, 0) is 23.8 Å². The molecule has 4 nitrogen and oxygen atoms in total. The zero-order valence-corrected chi connectivity index (χ0v) is 12.3. The van der Waals surface area contributed by atoms with Crippen LogP contribution in [-0.2, 0) is 0 Å². The number of carbonyl (C=O) groups excluding carboxylic acids is 1. The molecule has 0 heterocycles. The topological polar surface area (TPSA) is 75.4 Å². The Morgan fingerprint density at radius 3 is 2.55 bits per heavy atom. The Hall–Kier alpha value is -1.85. The number of nitrogen functional groups attached to an aromatic ring is 1. The molecule has 4 N–H and O–H groups in total. The lowest BCUT2D eigenvalue weighted by molar-refractivity contribution is 0.0916. The normalized spacial score (nSPS) is 11.9. The smallest absolute Gasteiger partial charge is 0.251 e. The van der Waals surface area contributed by atoms with Crippen molar-refractivity contribution in [2.45, 2.75) is 6.04 Å². The van der Waals surface area contributed by atoms with E-state index < -0.39 is 6.04 Å². The Morgan fingerprint density at radius 1 is 1.25 bits per heavy atom. The fourth-order valence-corrected chi connectivity index (χ4v) is 2.42. The van der Waals surface area contributed by atoms with E-state index in [-0.39, 0.29) is 12.5 Å². The Bertz CT molecular complexity index is 582. The molecule has 0 aliphatic carbocycles. The van der Waals surface area contributed by atoms with Gasteiger partial charge in [0.25, 0.3) is 5.91 Å². The zero-order valence-electron chi connectivity index (χ0n) is 10.7. The minimum atomic E-state index is -0.441. The highest BCUT2D eigenvalue weighted by molar-refractivity contribution is 9.10. The highest BCUT2D eigenvalue weighted by Crippen LogP contribution is 2.18. The van der Waals surface area contributed by atoms with Crippen LogP contribution in [0.25, 0.3) is 0 Å². The highest BCUT2D eigenvalue weighted by Gasteiger charge is 2.15. The first kappa shape index (κ1) is 14.6. The molecule has 1 amide bonds. The van der Waals surface area contributed by atoms with Crippen LogP contribution >= 0.6 is 15.9 Å². The number of amides is 1. The molecule has 5 heteroatoms. The van der Waals surface area contributed by atoms with Crippen molar-refractivity contribution < 1.29 is 9.90 Å². The van der Waals surface area contributed by atoms with Crippen LogP contribution < -0.4 is 11.1 Å². The molecule has 0 saturated heterocycles. The summed E-state index contributed by atoms with van der Waals surface area (Å²) in [6, 6.07) is 13.9. The van der Waals surface area contributed by atoms with E-state index in [1.165, 1.54) is 0 Å². The first-order valence-electron chi connectivity index (χ1n) is 6.13. The van der Waals surface area contributed by atoms with E-state index in [2.05, 4.69) is 21.2 Å². The van der Waals surface area contributed by atoms with Crippen LogP contribution in [0.5, 0.6) is 0 Å².